The first-order valence-corrected chi connectivity index (χ1v) is 9.06. The minimum absolute atomic E-state index is 0. The molecule has 3 N–H and O–H groups in total. The molecule has 3 rings (SSSR count). The zero-order valence-corrected chi connectivity index (χ0v) is 15.6. The van der Waals surface area contributed by atoms with E-state index in [1.807, 2.05) is 18.2 Å². The van der Waals surface area contributed by atoms with Crippen molar-refractivity contribution in [3.8, 4) is 0 Å². The molecular weight excluding hydrogens is 320 g/mol. The summed E-state index contributed by atoms with van der Waals surface area (Å²) in [4.78, 5) is 12.9. The number of nitrogens with one attached hydrogen (secondary N) is 1. The van der Waals surface area contributed by atoms with E-state index >= 15 is 0 Å². The van der Waals surface area contributed by atoms with E-state index in [-0.39, 0.29) is 23.7 Å². The molecule has 3 nitrogen and oxygen atoms in total. The van der Waals surface area contributed by atoms with Crippen LogP contribution in [0.2, 0.25) is 0 Å². The first kappa shape index (κ1) is 19.3. The third-order valence-corrected chi connectivity index (χ3v) is 5.78. The van der Waals surface area contributed by atoms with E-state index < -0.39 is 0 Å². The Hall–Kier alpha value is -1.06. The molecule has 4 heteroatoms. The highest BCUT2D eigenvalue weighted by Gasteiger charge is 2.41. The fourth-order valence-electron chi connectivity index (χ4n) is 4.56. The van der Waals surface area contributed by atoms with Gasteiger partial charge in [0.05, 0.1) is 0 Å². The summed E-state index contributed by atoms with van der Waals surface area (Å²) in [6.45, 7) is 4.11. The van der Waals surface area contributed by atoms with Gasteiger partial charge in [-0.2, -0.15) is 0 Å². The number of halogens is 1. The summed E-state index contributed by atoms with van der Waals surface area (Å²) >= 11 is 0. The standard InChI is InChI=1S/C20H30N2O.ClH/c1-20(2,13-14-7-4-3-5-8-14)19(23)22-18-15-9-6-10-16(18)12-17(21)11-15;/h3-5,7-8,15-18H,6,9-13,21H2,1-2H3,(H,22,23);1H. The molecule has 0 saturated heterocycles. The van der Waals surface area contributed by atoms with Crippen molar-refractivity contribution in [2.24, 2.45) is 23.0 Å². The van der Waals surface area contributed by atoms with Crippen molar-refractivity contribution in [1.29, 1.82) is 0 Å². The molecule has 1 amide bonds. The average Bonchev–Trinajstić information content (AvgIpc) is 2.48. The Morgan fingerprint density at radius 3 is 2.33 bits per heavy atom. The minimum Gasteiger partial charge on any atom is -0.352 e. The molecule has 24 heavy (non-hydrogen) atoms. The molecule has 0 aromatic heterocycles. The van der Waals surface area contributed by atoms with Gasteiger partial charge in [0.1, 0.15) is 0 Å². The van der Waals surface area contributed by atoms with Gasteiger partial charge in [-0.1, -0.05) is 50.6 Å². The van der Waals surface area contributed by atoms with Gasteiger partial charge in [-0.05, 0) is 49.5 Å². The monoisotopic (exact) mass is 350 g/mol. The molecule has 2 aliphatic carbocycles. The highest BCUT2D eigenvalue weighted by atomic mass is 35.5. The molecule has 2 bridgehead atoms. The van der Waals surface area contributed by atoms with Gasteiger partial charge in [-0.25, -0.2) is 0 Å². The van der Waals surface area contributed by atoms with E-state index in [9.17, 15) is 4.79 Å². The van der Waals surface area contributed by atoms with Crippen LogP contribution in [0.25, 0.3) is 0 Å². The van der Waals surface area contributed by atoms with Gasteiger partial charge in [0, 0.05) is 17.5 Å². The van der Waals surface area contributed by atoms with Crippen molar-refractivity contribution in [1.82, 2.24) is 5.32 Å². The van der Waals surface area contributed by atoms with Crippen molar-refractivity contribution < 1.29 is 4.79 Å². The van der Waals surface area contributed by atoms with Crippen LogP contribution >= 0.6 is 12.4 Å². The molecule has 2 unspecified atom stereocenters. The van der Waals surface area contributed by atoms with Gasteiger partial charge in [0.2, 0.25) is 5.91 Å². The maximum Gasteiger partial charge on any atom is 0.226 e. The molecule has 1 aromatic carbocycles. The number of hydrogen-bond acceptors (Lipinski definition) is 2. The number of benzene rings is 1. The zero-order valence-electron chi connectivity index (χ0n) is 14.8. The van der Waals surface area contributed by atoms with E-state index in [0.717, 1.165) is 19.3 Å². The van der Waals surface area contributed by atoms with Gasteiger partial charge in [0.15, 0.2) is 0 Å². The lowest BCUT2D eigenvalue weighted by Gasteiger charge is -2.46. The maximum absolute atomic E-state index is 12.9. The zero-order chi connectivity index (χ0) is 16.4. The second kappa shape index (κ2) is 7.88. The summed E-state index contributed by atoms with van der Waals surface area (Å²) in [5, 5.41) is 3.41. The number of carbonyl (C=O) groups excluding carboxylic acids is 1. The van der Waals surface area contributed by atoms with Gasteiger partial charge in [-0.15, -0.1) is 12.4 Å². The smallest absolute Gasteiger partial charge is 0.226 e. The van der Waals surface area contributed by atoms with Crippen LogP contribution in [-0.4, -0.2) is 18.0 Å². The third kappa shape index (κ3) is 4.31. The third-order valence-electron chi connectivity index (χ3n) is 5.78. The Labute approximate surface area is 152 Å². The fraction of sp³-hybridized carbons (Fsp3) is 0.650. The minimum atomic E-state index is -0.380. The lowest BCUT2D eigenvalue weighted by molar-refractivity contribution is -0.131. The number of fused-ring (bicyclic) bond motifs is 2. The Bertz CT molecular complexity index is 532. The Morgan fingerprint density at radius 1 is 1.17 bits per heavy atom. The van der Waals surface area contributed by atoms with Crippen LogP contribution in [0, 0.1) is 17.3 Å². The summed E-state index contributed by atoms with van der Waals surface area (Å²) in [7, 11) is 0. The maximum atomic E-state index is 12.9. The summed E-state index contributed by atoms with van der Waals surface area (Å²) in [5.41, 5.74) is 7.03. The predicted molar refractivity (Wildman–Crippen MR) is 101 cm³/mol. The summed E-state index contributed by atoms with van der Waals surface area (Å²) < 4.78 is 0. The number of rotatable bonds is 4. The van der Waals surface area contributed by atoms with Crippen LogP contribution < -0.4 is 11.1 Å². The van der Waals surface area contributed by atoms with Crippen LogP contribution in [0.4, 0.5) is 0 Å². The molecular formula is C20H31ClN2O. The molecule has 2 saturated carbocycles. The fourth-order valence-corrected chi connectivity index (χ4v) is 4.56. The van der Waals surface area contributed by atoms with Crippen LogP contribution in [0.1, 0.15) is 51.5 Å². The highest BCUT2D eigenvalue weighted by Crippen LogP contribution is 2.40. The van der Waals surface area contributed by atoms with Crippen molar-refractivity contribution >= 4 is 18.3 Å². The van der Waals surface area contributed by atoms with Gasteiger partial charge in [-0.3, -0.25) is 4.79 Å². The SMILES string of the molecule is CC(C)(Cc1ccccc1)C(=O)NC1C2CCCC1CC(N)C2.Cl. The van der Waals surface area contributed by atoms with Crippen molar-refractivity contribution in [2.75, 3.05) is 0 Å². The van der Waals surface area contributed by atoms with Gasteiger partial charge >= 0.3 is 0 Å². The van der Waals surface area contributed by atoms with Gasteiger partial charge in [0.25, 0.3) is 0 Å². The van der Waals surface area contributed by atoms with Crippen molar-refractivity contribution in [3.05, 3.63) is 35.9 Å². The summed E-state index contributed by atoms with van der Waals surface area (Å²) in [6, 6.07) is 11.0. The molecule has 0 heterocycles. The van der Waals surface area contributed by atoms with Crippen LogP contribution in [-0.2, 0) is 11.2 Å². The molecule has 2 atom stereocenters. The van der Waals surface area contributed by atoms with Crippen molar-refractivity contribution in [2.45, 2.75) is 64.5 Å². The summed E-state index contributed by atoms with van der Waals surface area (Å²) in [5.74, 6) is 1.35. The number of nitrogens with two attached hydrogens (primary N) is 1. The number of hydrogen-bond donors (Lipinski definition) is 2. The number of amides is 1. The van der Waals surface area contributed by atoms with Crippen LogP contribution in [0.5, 0.6) is 0 Å². The molecule has 0 aliphatic heterocycles. The van der Waals surface area contributed by atoms with Crippen LogP contribution in [0.3, 0.4) is 0 Å². The molecule has 2 fully saturated rings. The normalized spacial score (nSPS) is 29.5. The van der Waals surface area contributed by atoms with E-state index in [1.165, 1.54) is 24.8 Å². The van der Waals surface area contributed by atoms with E-state index in [1.54, 1.807) is 0 Å². The topological polar surface area (TPSA) is 55.1 Å². The largest absolute Gasteiger partial charge is 0.352 e. The first-order valence-electron chi connectivity index (χ1n) is 9.06. The summed E-state index contributed by atoms with van der Waals surface area (Å²) in [6.07, 6.45) is 6.65. The Kier molecular flexibility index (Phi) is 6.33. The van der Waals surface area contributed by atoms with E-state index in [4.69, 9.17) is 5.73 Å². The number of carbonyl (C=O) groups is 1. The molecule has 0 spiro atoms. The second-order valence-electron chi connectivity index (χ2n) is 8.23. The van der Waals surface area contributed by atoms with Crippen molar-refractivity contribution in [3.63, 3.8) is 0 Å². The highest BCUT2D eigenvalue weighted by molar-refractivity contribution is 5.85. The van der Waals surface area contributed by atoms with Gasteiger partial charge < -0.3 is 11.1 Å². The molecule has 2 aliphatic rings. The lowest BCUT2D eigenvalue weighted by atomic mass is 9.66. The second-order valence-corrected chi connectivity index (χ2v) is 8.23. The van der Waals surface area contributed by atoms with Crippen LogP contribution in [0.15, 0.2) is 30.3 Å². The molecule has 0 radical (unpaired) electrons. The Balaban J connectivity index is 0.00000208. The van der Waals surface area contributed by atoms with E-state index in [0.29, 0.717) is 23.9 Å². The first-order chi connectivity index (χ1) is 11.0. The molecule has 134 valence electrons. The Morgan fingerprint density at radius 2 is 1.75 bits per heavy atom. The molecule has 1 aromatic rings. The quantitative estimate of drug-likeness (QED) is 0.869. The average molecular weight is 351 g/mol. The van der Waals surface area contributed by atoms with E-state index in [2.05, 4.69) is 31.3 Å². The predicted octanol–water partition coefficient (Wildman–Crippen LogP) is 3.70. The lowest BCUT2D eigenvalue weighted by Crippen LogP contribution is -2.56.